The number of carbonyl (C=O) groups excluding carboxylic acids is 1. The second-order valence-electron chi connectivity index (χ2n) is 3.82. The molecule has 1 aromatic heterocycles. The van der Waals surface area contributed by atoms with Gasteiger partial charge in [-0.2, -0.15) is 0 Å². The molecule has 2 rings (SSSR count). The summed E-state index contributed by atoms with van der Waals surface area (Å²) >= 11 is 0. The summed E-state index contributed by atoms with van der Waals surface area (Å²) in [6, 6.07) is 9.04. The Morgan fingerprint density at radius 1 is 1.22 bits per heavy atom. The number of hydrogen-bond donors (Lipinski definition) is 0. The molecule has 2 aromatic rings. The summed E-state index contributed by atoms with van der Waals surface area (Å²) in [7, 11) is 0. The predicted octanol–water partition coefficient (Wildman–Crippen LogP) is 2.53. The number of ketones is 1. The number of pyridine rings is 1. The lowest BCUT2D eigenvalue weighted by molar-refractivity contribution is -0.384. The first-order chi connectivity index (χ1) is 8.58. The lowest BCUT2D eigenvalue weighted by Gasteiger charge is -2.01. The molecule has 5 heteroatoms. The number of aromatic nitrogens is 1. The molecule has 1 heterocycles. The summed E-state index contributed by atoms with van der Waals surface area (Å²) in [5.74, 6) is -0.272. The maximum Gasteiger partial charge on any atom is 0.270 e. The zero-order valence-corrected chi connectivity index (χ0v) is 9.66. The van der Waals surface area contributed by atoms with Gasteiger partial charge in [-0.1, -0.05) is 12.1 Å². The van der Waals surface area contributed by atoms with Crippen molar-refractivity contribution in [1.82, 2.24) is 4.98 Å². The molecule has 0 bridgehead atoms. The van der Waals surface area contributed by atoms with Crippen LogP contribution in [0, 0.1) is 17.0 Å². The summed E-state index contributed by atoms with van der Waals surface area (Å²) < 4.78 is 0. The molecule has 0 spiro atoms. The van der Waals surface area contributed by atoms with Gasteiger partial charge in [0.2, 0.25) is 0 Å². The van der Waals surface area contributed by atoms with Crippen molar-refractivity contribution in [3.05, 3.63) is 69.5 Å². The first-order valence-corrected chi connectivity index (χ1v) is 5.30. The van der Waals surface area contributed by atoms with Gasteiger partial charge in [0.1, 0.15) is 0 Å². The number of benzene rings is 1. The Labute approximate surface area is 103 Å². The highest BCUT2D eigenvalue weighted by atomic mass is 16.6. The SMILES string of the molecule is Cc1ccc(C(=O)c2cccc([N+](=O)[O-])c2)cn1. The van der Waals surface area contributed by atoms with Crippen LogP contribution < -0.4 is 0 Å². The summed E-state index contributed by atoms with van der Waals surface area (Å²) in [5.41, 5.74) is 1.42. The van der Waals surface area contributed by atoms with Crippen molar-refractivity contribution >= 4 is 11.5 Å². The Morgan fingerprint density at radius 2 is 2.00 bits per heavy atom. The monoisotopic (exact) mass is 242 g/mol. The van der Waals surface area contributed by atoms with Gasteiger partial charge in [-0.25, -0.2) is 0 Å². The van der Waals surface area contributed by atoms with Crippen LogP contribution in [0.2, 0.25) is 0 Å². The van der Waals surface area contributed by atoms with Crippen LogP contribution in [0.5, 0.6) is 0 Å². The molecule has 90 valence electrons. The molecule has 5 nitrogen and oxygen atoms in total. The Hall–Kier alpha value is -2.56. The van der Waals surface area contributed by atoms with E-state index in [-0.39, 0.29) is 17.0 Å². The molecule has 0 fully saturated rings. The van der Waals surface area contributed by atoms with Crippen molar-refractivity contribution in [1.29, 1.82) is 0 Å². The Bertz CT molecular complexity index is 606. The average Bonchev–Trinajstić information content (AvgIpc) is 2.39. The van der Waals surface area contributed by atoms with Crippen LogP contribution in [-0.2, 0) is 0 Å². The number of carbonyl (C=O) groups is 1. The number of nitrogens with zero attached hydrogens (tertiary/aromatic N) is 2. The van der Waals surface area contributed by atoms with E-state index in [1.54, 1.807) is 18.2 Å². The number of hydrogen-bond acceptors (Lipinski definition) is 4. The zero-order chi connectivity index (χ0) is 13.1. The van der Waals surface area contributed by atoms with E-state index in [0.717, 1.165) is 5.69 Å². The van der Waals surface area contributed by atoms with E-state index < -0.39 is 4.92 Å². The number of nitro benzene ring substituents is 1. The molecule has 0 saturated heterocycles. The van der Waals surface area contributed by atoms with E-state index in [9.17, 15) is 14.9 Å². The van der Waals surface area contributed by atoms with Crippen molar-refractivity contribution in [3.63, 3.8) is 0 Å². The molecule has 0 aliphatic heterocycles. The van der Waals surface area contributed by atoms with Gasteiger partial charge in [0.05, 0.1) is 4.92 Å². The van der Waals surface area contributed by atoms with Crippen LogP contribution >= 0.6 is 0 Å². The average molecular weight is 242 g/mol. The first kappa shape index (κ1) is 11.9. The molecule has 0 aliphatic carbocycles. The van der Waals surface area contributed by atoms with Crippen molar-refractivity contribution in [2.45, 2.75) is 6.92 Å². The Balaban J connectivity index is 2.37. The standard InChI is InChI=1S/C13H10N2O3/c1-9-5-6-11(8-14-9)13(16)10-3-2-4-12(7-10)15(17)18/h2-8H,1H3. The second kappa shape index (κ2) is 4.75. The van der Waals surface area contributed by atoms with Crippen molar-refractivity contribution in [2.24, 2.45) is 0 Å². The molecule has 18 heavy (non-hydrogen) atoms. The molecule has 0 aliphatic rings. The lowest BCUT2D eigenvalue weighted by Crippen LogP contribution is -2.02. The fraction of sp³-hybridized carbons (Fsp3) is 0.0769. The molecule has 0 N–H and O–H groups in total. The molecule has 0 unspecified atom stereocenters. The first-order valence-electron chi connectivity index (χ1n) is 5.30. The Morgan fingerprint density at radius 3 is 2.61 bits per heavy atom. The smallest absolute Gasteiger partial charge is 0.270 e. The van der Waals surface area contributed by atoms with E-state index in [4.69, 9.17) is 0 Å². The Kier molecular flexibility index (Phi) is 3.14. The summed E-state index contributed by atoms with van der Waals surface area (Å²) in [5, 5.41) is 10.6. The number of nitro groups is 1. The third-order valence-corrected chi connectivity index (χ3v) is 2.49. The fourth-order valence-corrected chi connectivity index (χ4v) is 1.53. The number of aryl methyl sites for hydroxylation is 1. The summed E-state index contributed by atoms with van der Waals surface area (Å²) in [6.45, 7) is 1.82. The topological polar surface area (TPSA) is 73.1 Å². The predicted molar refractivity (Wildman–Crippen MR) is 65.5 cm³/mol. The van der Waals surface area contributed by atoms with Gasteiger partial charge < -0.3 is 0 Å². The maximum absolute atomic E-state index is 12.1. The minimum absolute atomic E-state index is 0.0964. The minimum Gasteiger partial charge on any atom is -0.289 e. The van der Waals surface area contributed by atoms with Crippen LogP contribution in [0.1, 0.15) is 21.6 Å². The number of non-ortho nitro benzene ring substituents is 1. The van der Waals surface area contributed by atoms with Gasteiger partial charge >= 0.3 is 0 Å². The minimum atomic E-state index is -0.524. The van der Waals surface area contributed by atoms with E-state index in [0.29, 0.717) is 5.56 Å². The van der Waals surface area contributed by atoms with Gasteiger partial charge in [0.25, 0.3) is 5.69 Å². The van der Waals surface area contributed by atoms with Crippen LogP contribution in [0.4, 0.5) is 5.69 Å². The van der Waals surface area contributed by atoms with Gasteiger partial charge in [0, 0.05) is 35.2 Å². The van der Waals surface area contributed by atoms with Crippen LogP contribution in [0.3, 0.4) is 0 Å². The van der Waals surface area contributed by atoms with Gasteiger partial charge in [-0.3, -0.25) is 19.9 Å². The highest BCUT2D eigenvalue weighted by Crippen LogP contribution is 2.16. The third kappa shape index (κ3) is 2.40. The lowest BCUT2D eigenvalue weighted by atomic mass is 10.0. The van der Waals surface area contributed by atoms with E-state index in [1.165, 1.54) is 24.4 Å². The van der Waals surface area contributed by atoms with Gasteiger partial charge in [0.15, 0.2) is 5.78 Å². The number of rotatable bonds is 3. The van der Waals surface area contributed by atoms with Crippen LogP contribution in [0.15, 0.2) is 42.6 Å². The molecular formula is C13H10N2O3. The molecule has 0 radical (unpaired) electrons. The zero-order valence-electron chi connectivity index (χ0n) is 9.66. The van der Waals surface area contributed by atoms with Gasteiger partial charge in [-0.15, -0.1) is 0 Å². The largest absolute Gasteiger partial charge is 0.289 e. The van der Waals surface area contributed by atoms with Crippen molar-refractivity contribution in [2.75, 3.05) is 0 Å². The second-order valence-corrected chi connectivity index (χ2v) is 3.82. The van der Waals surface area contributed by atoms with Crippen molar-refractivity contribution in [3.8, 4) is 0 Å². The molecule has 0 amide bonds. The van der Waals surface area contributed by atoms with E-state index >= 15 is 0 Å². The molecule has 0 atom stereocenters. The van der Waals surface area contributed by atoms with Gasteiger partial charge in [-0.05, 0) is 19.1 Å². The summed E-state index contributed by atoms with van der Waals surface area (Å²) in [4.78, 5) is 26.2. The molecular weight excluding hydrogens is 232 g/mol. The normalized spacial score (nSPS) is 10.1. The fourth-order valence-electron chi connectivity index (χ4n) is 1.53. The van der Waals surface area contributed by atoms with Crippen LogP contribution in [0.25, 0.3) is 0 Å². The summed E-state index contributed by atoms with van der Waals surface area (Å²) in [6.07, 6.45) is 1.47. The van der Waals surface area contributed by atoms with E-state index in [1.807, 2.05) is 6.92 Å². The molecule has 1 aromatic carbocycles. The third-order valence-electron chi connectivity index (χ3n) is 2.49. The maximum atomic E-state index is 12.1. The van der Waals surface area contributed by atoms with E-state index in [2.05, 4.69) is 4.98 Å². The molecule has 0 saturated carbocycles. The highest BCUT2D eigenvalue weighted by Gasteiger charge is 2.13. The van der Waals surface area contributed by atoms with Crippen molar-refractivity contribution < 1.29 is 9.72 Å². The van der Waals surface area contributed by atoms with Crippen LogP contribution in [-0.4, -0.2) is 15.7 Å². The highest BCUT2D eigenvalue weighted by molar-refractivity contribution is 6.09. The quantitative estimate of drug-likeness (QED) is 0.471.